The minimum Gasteiger partial charge on any atom is -0.493 e. The molecule has 0 unspecified atom stereocenters. The van der Waals surface area contributed by atoms with Crippen LogP contribution < -0.4 is 9.47 Å². The summed E-state index contributed by atoms with van der Waals surface area (Å²) in [6.07, 6.45) is 1.34. The molecule has 168 valence electrons. The number of thioether (sulfide) groups is 1. The molecule has 0 radical (unpaired) electrons. The van der Waals surface area contributed by atoms with Crippen LogP contribution in [0.2, 0.25) is 0 Å². The fourth-order valence-electron chi connectivity index (χ4n) is 3.16. The van der Waals surface area contributed by atoms with Gasteiger partial charge in [-0.05, 0) is 36.0 Å². The third-order valence-electron chi connectivity index (χ3n) is 4.72. The second-order valence-electron chi connectivity index (χ2n) is 6.45. The normalized spacial score (nSPS) is 15.2. The van der Waals surface area contributed by atoms with E-state index in [9.17, 15) is 22.0 Å². The third kappa shape index (κ3) is 5.08. The molecular formula is C19H21F2N3O5S2. The highest BCUT2D eigenvalue weighted by atomic mass is 32.2. The zero-order valence-corrected chi connectivity index (χ0v) is 18.5. The number of pyridine rings is 1. The van der Waals surface area contributed by atoms with Gasteiger partial charge in [0.2, 0.25) is 10.0 Å². The predicted octanol–water partition coefficient (Wildman–Crippen LogP) is 2.56. The lowest BCUT2D eigenvalue weighted by atomic mass is 10.2. The molecule has 0 N–H and O–H groups in total. The number of hydrogen-bond donors (Lipinski definition) is 0. The summed E-state index contributed by atoms with van der Waals surface area (Å²) in [5.41, 5.74) is 0.0731. The second-order valence-corrected chi connectivity index (χ2v) is 9.36. The Morgan fingerprint density at radius 3 is 2.39 bits per heavy atom. The van der Waals surface area contributed by atoms with E-state index >= 15 is 0 Å². The van der Waals surface area contributed by atoms with Crippen molar-refractivity contribution in [3.8, 4) is 11.5 Å². The zero-order valence-electron chi connectivity index (χ0n) is 16.8. The van der Waals surface area contributed by atoms with E-state index in [1.165, 1.54) is 60.0 Å². The Kier molecular flexibility index (Phi) is 7.34. The van der Waals surface area contributed by atoms with Crippen LogP contribution in [0.5, 0.6) is 11.5 Å². The molecule has 1 aromatic heterocycles. The number of amides is 1. The van der Waals surface area contributed by atoms with Gasteiger partial charge in [-0.1, -0.05) is 0 Å². The molecule has 0 saturated carbocycles. The van der Waals surface area contributed by atoms with E-state index in [1.807, 2.05) is 0 Å². The van der Waals surface area contributed by atoms with Crippen LogP contribution in [0.15, 0.2) is 46.5 Å². The van der Waals surface area contributed by atoms with E-state index in [2.05, 4.69) is 4.98 Å². The molecule has 1 aliphatic heterocycles. The molecule has 0 aliphatic carbocycles. The van der Waals surface area contributed by atoms with Gasteiger partial charge in [0.05, 0.1) is 24.7 Å². The van der Waals surface area contributed by atoms with Crippen molar-refractivity contribution in [1.82, 2.24) is 14.2 Å². The molecule has 2 aromatic rings. The number of aromatic nitrogens is 1. The summed E-state index contributed by atoms with van der Waals surface area (Å²) in [7, 11) is -0.945. The molecule has 0 spiro atoms. The van der Waals surface area contributed by atoms with E-state index in [1.54, 1.807) is 0 Å². The summed E-state index contributed by atoms with van der Waals surface area (Å²) in [6.45, 7) is 0.387. The van der Waals surface area contributed by atoms with Crippen LogP contribution in [0.3, 0.4) is 0 Å². The number of ether oxygens (including phenoxy) is 2. The number of rotatable bonds is 7. The first-order valence-corrected chi connectivity index (χ1v) is 11.5. The van der Waals surface area contributed by atoms with Gasteiger partial charge in [0.15, 0.2) is 11.5 Å². The molecule has 2 heterocycles. The third-order valence-corrected chi connectivity index (χ3v) is 7.34. The SMILES string of the molecule is COc1ccc(S(=O)(=O)N2CCN(C(=O)c3cccnc3SC(F)F)CC2)cc1OC. The van der Waals surface area contributed by atoms with Crippen LogP contribution in [0.1, 0.15) is 10.4 Å². The van der Waals surface area contributed by atoms with Crippen LogP contribution >= 0.6 is 11.8 Å². The summed E-state index contributed by atoms with van der Waals surface area (Å²) >= 11 is 0.206. The highest BCUT2D eigenvalue weighted by Gasteiger charge is 2.32. The lowest BCUT2D eigenvalue weighted by Crippen LogP contribution is -2.50. The van der Waals surface area contributed by atoms with Crippen LogP contribution in [-0.2, 0) is 10.0 Å². The van der Waals surface area contributed by atoms with Gasteiger partial charge in [0.25, 0.3) is 11.7 Å². The zero-order chi connectivity index (χ0) is 22.6. The van der Waals surface area contributed by atoms with Crippen molar-refractivity contribution in [2.75, 3.05) is 40.4 Å². The lowest BCUT2D eigenvalue weighted by molar-refractivity contribution is 0.0693. The Morgan fingerprint density at radius 2 is 1.77 bits per heavy atom. The Balaban J connectivity index is 1.73. The summed E-state index contributed by atoms with van der Waals surface area (Å²) in [4.78, 5) is 18.2. The van der Waals surface area contributed by atoms with Crippen LogP contribution in [0.4, 0.5) is 8.78 Å². The smallest absolute Gasteiger partial charge is 0.290 e. The summed E-state index contributed by atoms with van der Waals surface area (Å²) in [5, 5.41) is -0.0529. The largest absolute Gasteiger partial charge is 0.493 e. The lowest BCUT2D eigenvalue weighted by Gasteiger charge is -2.34. The van der Waals surface area contributed by atoms with E-state index in [-0.39, 0.29) is 59.2 Å². The molecule has 1 fully saturated rings. The Bertz CT molecular complexity index is 1040. The van der Waals surface area contributed by atoms with Gasteiger partial charge in [-0.3, -0.25) is 4.79 Å². The van der Waals surface area contributed by atoms with Gasteiger partial charge in [-0.2, -0.15) is 13.1 Å². The van der Waals surface area contributed by atoms with Crippen molar-refractivity contribution in [1.29, 1.82) is 0 Å². The average molecular weight is 474 g/mol. The maximum absolute atomic E-state index is 13.0. The highest BCUT2D eigenvalue weighted by Crippen LogP contribution is 2.31. The molecule has 31 heavy (non-hydrogen) atoms. The average Bonchev–Trinajstić information content (AvgIpc) is 2.78. The maximum atomic E-state index is 13.0. The highest BCUT2D eigenvalue weighted by molar-refractivity contribution is 7.99. The van der Waals surface area contributed by atoms with Crippen LogP contribution in [0.25, 0.3) is 0 Å². The van der Waals surface area contributed by atoms with E-state index < -0.39 is 21.7 Å². The molecule has 12 heteroatoms. The van der Waals surface area contributed by atoms with Crippen molar-refractivity contribution in [3.05, 3.63) is 42.1 Å². The number of carbonyl (C=O) groups excluding carboxylic acids is 1. The number of nitrogens with zero attached hydrogens (tertiary/aromatic N) is 3. The van der Waals surface area contributed by atoms with Gasteiger partial charge in [0.1, 0.15) is 5.03 Å². The Hall–Kier alpha value is -2.44. The Morgan fingerprint density at radius 1 is 1.10 bits per heavy atom. The molecule has 0 atom stereocenters. The maximum Gasteiger partial charge on any atom is 0.290 e. The number of benzene rings is 1. The molecule has 1 amide bonds. The van der Waals surface area contributed by atoms with E-state index in [0.717, 1.165) is 0 Å². The fraction of sp³-hybridized carbons (Fsp3) is 0.368. The number of carbonyl (C=O) groups is 1. The van der Waals surface area contributed by atoms with Gasteiger partial charge in [-0.25, -0.2) is 13.4 Å². The number of hydrogen-bond acceptors (Lipinski definition) is 7. The van der Waals surface area contributed by atoms with E-state index in [0.29, 0.717) is 5.75 Å². The number of piperazine rings is 1. The van der Waals surface area contributed by atoms with Gasteiger partial charge < -0.3 is 14.4 Å². The molecule has 1 saturated heterocycles. The van der Waals surface area contributed by atoms with Crippen LogP contribution in [0, 0.1) is 0 Å². The second kappa shape index (κ2) is 9.79. The monoisotopic (exact) mass is 473 g/mol. The minimum atomic E-state index is -3.81. The number of methoxy groups -OCH3 is 2. The molecule has 1 aromatic carbocycles. The molecule has 1 aliphatic rings. The first kappa shape index (κ1) is 23.2. The van der Waals surface area contributed by atoms with E-state index in [4.69, 9.17) is 9.47 Å². The van der Waals surface area contributed by atoms with Crippen molar-refractivity contribution in [2.45, 2.75) is 15.7 Å². The molecule has 3 rings (SSSR count). The standard InChI is InChI=1S/C19H21F2N3O5S2/c1-28-15-6-5-13(12-16(15)29-2)31(26,27)24-10-8-23(9-11-24)18(25)14-4-3-7-22-17(14)30-19(20)21/h3-7,12,19H,8-11H2,1-2H3. The van der Waals surface area contributed by atoms with Gasteiger partial charge >= 0.3 is 0 Å². The number of halogens is 2. The first-order chi connectivity index (χ1) is 14.8. The first-order valence-electron chi connectivity index (χ1n) is 9.19. The minimum absolute atomic E-state index is 0.0489. The topological polar surface area (TPSA) is 89.0 Å². The molecule has 8 nitrogen and oxygen atoms in total. The Labute approximate surface area is 183 Å². The van der Waals surface area contributed by atoms with Crippen molar-refractivity contribution in [3.63, 3.8) is 0 Å². The summed E-state index contributed by atoms with van der Waals surface area (Å²) in [5.74, 6) is -2.46. The molecule has 0 bridgehead atoms. The summed E-state index contributed by atoms with van der Waals surface area (Å²) < 4.78 is 63.1. The fourth-order valence-corrected chi connectivity index (χ4v) is 5.17. The van der Waals surface area contributed by atoms with Crippen molar-refractivity contribution >= 4 is 27.7 Å². The number of alkyl halides is 2. The predicted molar refractivity (Wildman–Crippen MR) is 110 cm³/mol. The van der Waals surface area contributed by atoms with Gasteiger partial charge in [0, 0.05) is 38.4 Å². The molecular weight excluding hydrogens is 452 g/mol. The van der Waals surface area contributed by atoms with Crippen molar-refractivity contribution < 1.29 is 31.5 Å². The quantitative estimate of drug-likeness (QED) is 0.571. The van der Waals surface area contributed by atoms with Crippen LogP contribution in [-0.4, -0.2) is 74.7 Å². The summed E-state index contributed by atoms with van der Waals surface area (Å²) in [6, 6.07) is 7.26. The number of sulfonamides is 1. The van der Waals surface area contributed by atoms with Gasteiger partial charge in [-0.15, -0.1) is 0 Å². The van der Waals surface area contributed by atoms with Crippen molar-refractivity contribution in [2.24, 2.45) is 0 Å².